The molecule has 1 aliphatic heterocycles. The Morgan fingerprint density at radius 1 is 1.43 bits per heavy atom. The fourth-order valence-electron chi connectivity index (χ4n) is 1.50. The Hall–Kier alpha value is -0.650. The molecule has 1 aliphatic rings. The molecule has 1 saturated heterocycles. The normalized spacial score (nSPS) is 20.6. The van der Waals surface area contributed by atoms with E-state index in [-0.39, 0.29) is 0 Å². The number of nitrogens with two attached hydrogens (primary N) is 2. The van der Waals surface area contributed by atoms with Gasteiger partial charge in [0.2, 0.25) is 5.91 Å². The van der Waals surface area contributed by atoms with E-state index < -0.39 is 11.9 Å². The van der Waals surface area contributed by atoms with Gasteiger partial charge in [0.25, 0.3) is 0 Å². The molecule has 1 heterocycles. The van der Waals surface area contributed by atoms with Gasteiger partial charge in [0.05, 0.1) is 19.3 Å². The van der Waals surface area contributed by atoms with Crippen LogP contribution in [0.1, 0.15) is 12.8 Å². The molecular weight excluding hydrogens is 182 g/mol. The van der Waals surface area contributed by atoms with Gasteiger partial charge in [-0.25, -0.2) is 0 Å². The van der Waals surface area contributed by atoms with Crippen LogP contribution in [0.2, 0.25) is 0 Å². The summed E-state index contributed by atoms with van der Waals surface area (Å²) in [5.41, 5.74) is 10.6. The third kappa shape index (κ3) is 4.04. The monoisotopic (exact) mass is 201 g/mol. The summed E-state index contributed by atoms with van der Waals surface area (Å²) in [6, 6.07) is -0.490. The van der Waals surface area contributed by atoms with E-state index in [1.54, 1.807) is 0 Å². The average molecular weight is 201 g/mol. The highest BCUT2D eigenvalue weighted by Crippen LogP contribution is 2.01. The van der Waals surface area contributed by atoms with E-state index in [0.717, 1.165) is 39.3 Å². The van der Waals surface area contributed by atoms with Gasteiger partial charge in [0.1, 0.15) is 0 Å². The number of amides is 1. The first-order valence-corrected chi connectivity index (χ1v) is 5.05. The van der Waals surface area contributed by atoms with Gasteiger partial charge in [-0.05, 0) is 19.4 Å². The molecule has 1 unspecified atom stereocenters. The summed E-state index contributed by atoms with van der Waals surface area (Å²) in [6.07, 6.45) is 1.59. The molecule has 0 aromatic heterocycles. The number of morpholine rings is 1. The Morgan fingerprint density at radius 2 is 2.07 bits per heavy atom. The number of rotatable bonds is 5. The molecule has 1 rings (SSSR count). The zero-order valence-electron chi connectivity index (χ0n) is 8.45. The van der Waals surface area contributed by atoms with Crippen LogP contribution in [0.5, 0.6) is 0 Å². The maximum Gasteiger partial charge on any atom is 0.234 e. The summed E-state index contributed by atoms with van der Waals surface area (Å²) in [5, 5.41) is 0. The molecule has 82 valence electrons. The second kappa shape index (κ2) is 5.95. The van der Waals surface area contributed by atoms with E-state index in [2.05, 4.69) is 4.90 Å². The molecule has 0 radical (unpaired) electrons. The zero-order valence-corrected chi connectivity index (χ0v) is 8.45. The van der Waals surface area contributed by atoms with E-state index in [1.165, 1.54) is 0 Å². The average Bonchev–Trinajstić information content (AvgIpc) is 2.19. The Labute approximate surface area is 84.4 Å². The molecule has 0 aromatic rings. The summed E-state index contributed by atoms with van der Waals surface area (Å²) in [7, 11) is 0. The van der Waals surface area contributed by atoms with Gasteiger partial charge < -0.3 is 16.2 Å². The van der Waals surface area contributed by atoms with Gasteiger partial charge in [-0.1, -0.05) is 0 Å². The first kappa shape index (κ1) is 11.4. The second-order valence-corrected chi connectivity index (χ2v) is 3.61. The second-order valence-electron chi connectivity index (χ2n) is 3.61. The maximum absolute atomic E-state index is 10.6. The molecular formula is C9H19N3O2. The van der Waals surface area contributed by atoms with E-state index in [4.69, 9.17) is 16.2 Å². The molecule has 5 nitrogen and oxygen atoms in total. The third-order valence-electron chi connectivity index (χ3n) is 2.46. The number of primary amides is 1. The van der Waals surface area contributed by atoms with Gasteiger partial charge in [-0.15, -0.1) is 0 Å². The first-order chi connectivity index (χ1) is 6.70. The number of carbonyl (C=O) groups is 1. The lowest BCUT2D eigenvalue weighted by Gasteiger charge is -2.26. The summed E-state index contributed by atoms with van der Waals surface area (Å²) in [5.74, 6) is -0.410. The fourth-order valence-corrected chi connectivity index (χ4v) is 1.50. The topological polar surface area (TPSA) is 81.6 Å². The molecule has 0 aliphatic carbocycles. The predicted octanol–water partition coefficient (Wildman–Crippen LogP) is -1.09. The fraction of sp³-hybridized carbons (Fsp3) is 0.889. The van der Waals surface area contributed by atoms with Gasteiger partial charge in [0, 0.05) is 13.1 Å². The SMILES string of the molecule is NC(=O)C(N)CCCN1CCOCC1. The van der Waals surface area contributed by atoms with Crippen molar-refractivity contribution in [3.8, 4) is 0 Å². The van der Waals surface area contributed by atoms with Gasteiger partial charge in [-0.2, -0.15) is 0 Å². The summed E-state index contributed by atoms with van der Waals surface area (Å²) in [4.78, 5) is 13.0. The van der Waals surface area contributed by atoms with Crippen molar-refractivity contribution in [3.05, 3.63) is 0 Å². The minimum absolute atomic E-state index is 0.410. The van der Waals surface area contributed by atoms with Crippen molar-refractivity contribution in [2.75, 3.05) is 32.8 Å². The minimum Gasteiger partial charge on any atom is -0.379 e. The van der Waals surface area contributed by atoms with Crippen molar-refractivity contribution in [2.24, 2.45) is 11.5 Å². The standard InChI is InChI=1S/C9H19N3O2/c10-8(9(11)13)2-1-3-12-4-6-14-7-5-12/h8H,1-7,10H2,(H2,11,13). The van der Waals surface area contributed by atoms with Crippen LogP contribution in [0.25, 0.3) is 0 Å². The van der Waals surface area contributed by atoms with Crippen LogP contribution in [0.15, 0.2) is 0 Å². The molecule has 4 N–H and O–H groups in total. The molecule has 5 heteroatoms. The molecule has 14 heavy (non-hydrogen) atoms. The lowest BCUT2D eigenvalue weighted by Crippen LogP contribution is -2.39. The van der Waals surface area contributed by atoms with Crippen LogP contribution in [-0.2, 0) is 9.53 Å². The van der Waals surface area contributed by atoms with Crippen molar-refractivity contribution in [1.82, 2.24) is 4.90 Å². The first-order valence-electron chi connectivity index (χ1n) is 5.05. The number of nitrogens with zero attached hydrogens (tertiary/aromatic N) is 1. The van der Waals surface area contributed by atoms with E-state index in [1.807, 2.05) is 0 Å². The minimum atomic E-state index is -0.490. The molecule has 1 atom stereocenters. The maximum atomic E-state index is 10.6. The predicted molar refractivity (Wildman–Crippen MR) is 53.7 cm³/mol. The van der Waals surface area contributed by atoms with Crippen LogP contribution in [0.4, 0.5) is 0 Å². The Morgan fingerprint density at radius 3 is 2.64 bits per heavy atom. The summed E-state index contributed by atoms with van der Waals surface area (Å²) in [6.45, 7) is 4.55. The van der Waals surface area contributed by atoms with Crippen molar-refractivity contribution < 1.29 is 9.53 Å². The number of carbonyl (C=O) groups excluding carboxylic acids is 1. The lowest BCUT2D eigenvalue weighted by atomic mass is 10.1. The Balaban J connectivity index is 2.05. The van der Waals surface area contributed by atoms with E-state index in [9.17, 15) is 4.79 Å². The molecule has 0 bridgehead atoms. The van der Waals surface area contributed by atoms with Crippen molar-refractivity contribution in [2.45, 2.75) is 18.9 Å². The van der Waals surface area contributed by atoms with Crippen molar-refractivity contribution >= 4 is 5.91 Å². The van der Waals surface area contributed by atoms with Crippen LogP contribution in [-0.4, -0.2) is 49.7 Å². The molecule has 0 saturated carbocycles. The summed E-state index contributed by atoms with van der Waals surface area (Å²) < 4.78 is 5.22. The molecule has 1 fully saturated rings. The smallest absolute Gasteiger partial charge is 0.234 e. The van der Waals surface area contributed by atoms with Gasteiger partial charge >= 0.3 is 0 Å². The van der Waals surface area contributed by atoms with Crippen molar-refractivity contribution in [1.29, 1.82) is 0 Å². The Kier molecular flexibility index (Phi) is 4.86. The van der Waals surface area contributed by atoms with Gasteiger partial charge in [-0.3, -0.25) is 9.69 Å². The van der Waals surface area contributed by atoms with E-state index in [0.29, 0.717) is 6.42 Å². The number of hydrogen-bond donors (Lipinski definition) is 2. The van der Waals surface area contributed by atoms with Crippen LogP contribution in [0, 0.1) is 0 Å². The zero-order chi connectivity index (χ0) is 10.4. The number of hydrogen-bond acceptors (Lipinski definition) is 4. The molecule has 0 spiro atoms. The molecule has 1 amide bonds. The quantitative estimate of drug-likeness (QED) is 0.592. The van der Waals surface area contributed by atoms with Crippen LogP contribution < -0.4 is 11.5 Å². The Bertz CT molecular complexity index is 181. The van der Waals surface area contributed by atoms with Gasteiger partial charge in [0.15, 0.2) is 0 Å². The van der Waals surface area contributed by atoms with E-state index >= 15 is 0 Å². The third-order valence-corrected chi connectivity index (χ3v) is 2.46. The highest BCUT2D eigenvalue weighted by atomic mass is 16.5. The highest BCUT2D eigenvalue weighted by Gasteiger charge is 2.12. The number of ether oxygens (including phenoxy) is 1. The lowest BCUT2D eigenvalue weighted by molar-refractivity contribution is -0.119. The summed E-state index contributed by atoms with van der Waals surface area (Å²) >= 11 is 0. The highest BCUT2D eigenvalue weighted by molar-refractivity contribution is 5.79. The largest absolute Gasteiger partial charge is 0.379 e. The van der Waals surface area contributed by atoms with Crippen LogP contribution in [0.3, 0.4) is 0 Å². The van der Waals surface area contributed by atoms with Crippen molar-refractivity contribution in [3.63, 3.8) is 0 Å². The molecule has 0 aromatic carbocycles. The van der Waals surface area contributed by atoms with Crippen LogP contribution >= 0.6 is 0 Å².